The first kappa shape index (κ1) is 26.9. The van der Waals surface area contributed by atoms with Crippen LogP contribution in [0.15, 0.2) is 53.7 Å². The lowest BCUT2D eigenvalue weighted by Gasteiger charge is -2.26. The van der Waals surface area contributed by atoms with Crippen molar-refractivity contribution in [1.82, 2.24) is 25.0 Å². The maximum Gasteiger partial charge on any atom is 0.220 e. The molecular weight excluding hydrogens is 517 g/mol. The number of ether oxygens (including phenoxy) is 1. The molecule has 0 unspecified atom stereocenters. The van der Waals surface area contributed by atoms with Crippen LogP contribution in [0.4, 0.5) is 0 Å². The molecule has 0 bridgehead atoms. The highest BCUT2D eigenvalue weighted by Crippen LogP contribution is 2.29. The molecular formula is C26H31Cl2N5O2S. The van der Waals surface area contributed by atoms with Crippen molar-refractivity contribution in [2.24, 2.45) is 0 Å². The van der Waals surface area contributed by atoms with Gasteiger partial charge in [0.2, 0.25) is 5.91 Å². The van der Waals surface area contributed by atoms with Crippen LogP contribution in [0.25, 0.3) is 5.69 Å². The van der Waals surface area contributed by atoms with Crippen LogP contribution in [0.1, 0.15) is 30.7 Å². The molecule has 1 aliphatic heterocycles. The lowest BCUT2D eigenvalue weighted by atomic mass is 10.1. The van der Waals surface area contributed by atoms with E-state index in [2.05, 4.69) is 32.5 Å². The van der Waals surface area contributed by atoms with E-state index in [9.17, 15) is 4.79 Å². The van der Waals surface area contributed by atoms with Gasteiger partial charge in [0, 0.05) is 38.2 Å². The zero-order valence-corrected chi connectivity index (χ0v) is 22.5. The molecule has 1 aliphatic rings. The maximum absolute atomic E-state index is 12.3. The van der Waals surface area contributed by atoms with Crippen LogP contribution in [0, 0.1) is 0 Å². The largest absolute Gasteiger partial charge is 0.379 e. The van der Waals surface area contributed by atoms with Crippen LogP contribution in [-0.2, 0) is 16.0 Å². The minimum atomic E-state index is 0.0910. The summed E-state index contributed by atoms with van der Waals surface area (Å²) in [4.78, 5) is 14.6. The van der Waals surface area contributed by atoms with Crippen molar-refractivity contribution in [3.63, 3.8) is 0 Å². The van der Waals surface area contributed by atoms with E-state index in [1.165, 1.54) is 0 Å². The molecule has 7 nitrogen and oxygen atoms in total. The predicted molar refractivity (Wildman–Crippen MR) is 145 cm³/mol. The summed E-state index contributed by atoms with van der Waals surface area (Å²) in [7, 11) is 0. The Hall–Kier alpha value is -2.10. The number of rotatable bonds is 12. The lowest BCUT2D eigenvalue weighted by molar-refractivity contribution is -0.121. The quantitative estimate of drug-likeness (QED) is 0.257. The van der Waals surface area contributed by atoms with E-state index >= 15 is 0 Å². The molecule has 1 fully saturated rings. The molecule has 1 amide bonds. The molecule has 1 aromatic heterocycles. The molecule has 0 spiro atoms. The van der Waals surface area contributed by atoms with E-state index in [0.29, 0.717) is 29.4 Å². The highest BCUT2D eigenvalue weighted by molar-refractivity contribution is 7.99. The van der Waals surface area contributed by atoms with Crippen molar-refractivity contribution in [3.05, 3.63) is 70.0 Å². The first-order valence-electron chi connectivity index (χ1n) is 12.2. The van der Waals surface area contributed by atoms with Crippen molar-refractivity contribution in [3.8, 4) is 5.69 Å². The van der Waals surface area contributed by atoms with Crippen LogP contribution in [-0.4, -0.2) is 70.7 Å². The zero-order valence-electron chi connectivity index (χ0n) is 20.2. The first-order chi connectivity index (χ1) is 17.6. The van der Waals surface area contributed by atoms with Crippen molar-refractivity contribution in [1.29, 1.82) is 0 Å². The van der Waals surface area contributed by atoms with E-state index in [0.717, 1.165) is 73.7 Å². The Balaban J connectivity index is 1.29. The van der Waals surface area contributed by atoms with Gasteiger partial charge in [0.05, 0.1) is 28.9 Å². The van der Waals surface area contributed by atoms with Crippen LogP contribution in [0.5, 0.6) is 0 Å². The van der Waals surface area contributed by atoms with E-state index in [1.54, 1.807) is 17.8 Å². The minimum Gasteiger partial charge on any atom is -0.379 e. The number of aromatic nitrogens is 3. The third kappa shape index (κ3) is 7.95. The summed E-state index contributed by atoms with van der Waals surface area (Å²) in [6.45, 7) is 5.26. The van der Waals surface area contributed by atoms with E-state index in [4.69, 9.17) is 27.9 Å². The van der Waals surface area contributed by atoms with Crippen molar-refractivity contribution < 1.29 is 9.53 Å². The summed E-state index contributed by atoms with van der Waals surface area (Å²) in [5.74, 6) is 1.67. The van der Waals surface area contributed by atoms with Crippen LogP contribution < -0.4 is 5.32 Å². The Kier molecular flexibility index (Phi) is 10.5. The Morgan fingerprint density at radius 3 is 2.61 bits per heavy atom. The SMILES string of the molecule is O=C(CCCSc1nnc(Cc2ccccc2)n1-c1ccc(Cl)c(Cl)c1)NCCCN1CCOCC1. The summed E-state index contributed by atoms with van der Waals surface area (Å²) in [6, 6.07) is 15.7. The monoisotopic (exact) mass is 547 g/mol. The second-order valence-corrected chi connectivity index (χ2v) is 10.5. The molecule has 192 valence electrons. The number of amides is 1. The molecule has 1 N–H and O–H groups in total. The lowest BCUT2D eigenvalue weighted by Crippen LogP contribution is -2.38. The third-order valence-corrected chi connectivity index (χ3v) is 7.68. The normalized spacial score (nSPS) is 14.2. The number of carbonyl (C=O) groups is 1. The summed E-state index contributed by atoms with van der Waals surface area (Å²) < 4.78 is 7.39. The Morgan fingerprint density at radius 2 is 1.83 bits per heavy atom. The minimum absolute atomic E-state index is 0.0910. The molecule has 4 rings (SSSR count). The highest BCUT2D eigenvalue weighted by Gasteiger charge is 2.16. The number of morpholine rings is 1. The summed E-state index contributed by atoms with van der Waals surface area (Å²) >= 11 is 14.0. The Morgan fingerprint density at radius 1 is 1.03 bits per heavy atom. The fourth-order valence-corrected chi connectivity index (χ4v) is 5.21. The molecule has 0 radical (unpaired) electrons. The smallest absolute Gasteiger partial charge is 0.220 e. The number of hydrogen-bond acceptors (Lipinski definition) is 6. The Labute approximate surface area is 226 Å². The Bertz CT molecular complexity index is 1120. The van der Waals surface area contributed by atoms with Crippen molar-refractivity contribution in [2.75, 3.05) is 45.1 Å². The van der Waals surface area contributed by atoms with Gasteiger partial charge >= 0.3 is 0 Å². The molecule has 10 heteroatoms. The average Bonchev–Trinajstić information content (AvgIpc) is 3.29. The topological polar surface area (TPSA) is 72.3 Å². The fraction of sp³-hybridized carbons (Fsp3) is 0.423. The summed E-state index contributed by atoms with van der Waals surface area (Å²) in [5.41, 5.74) is 2.01. The second-order valence-electron chi connectivity index (χ2n) is 8.60. The number of nitrogens with one attached hydrogen (secondary N) is 1. The molecule has 2 aromatic carbocycles. The van der Waals surface area contributed by atoms with Crippen LogP contribution in [0.3, 0.4) is 0 Å². The van der Waals surface area contributed by atoms with Gasteiger partial charge in [0.1, 0.15) is 5.82 Å². The highest BCUT2D eigenvalue weighted by atomic mass is 35.5. The zero-order chi connectivity index (χ0) is 25.2. The molecule has 0 saturated carbocycles. The first-order valence-corrected chi connectivity index (χ1v) is 14.0. The molecule has 0 atom stereocenters. The van der Waals surface area contributed by atoms with Crippen LogP contribution in [0.2, 0.25) is 10.0 Å². The fourth-order valence-electron chi connectivity index (χ4n) is 4.01. The molecule has 1 saturated heterocycles. The maximum atomic E-state index is 12.3. The van der Waals surface area contributed by atoms with Gasteiger partial charge < -0.3 is 10.1 Å². The van der Waals surface area contributed by atoms with Gasteiger partial charge in [0.25, 0.3) is 0 Å². The average molecular weight is 549 g/mol. The molecule has 0 aliphatic carbocycles. The number of benzene rings is 2. The van der Waals surface area contributed by atoms with Gasteiger partial charge in [-0.3, -0.25) is 14.3 Å². The third-order valence-electron chi connectivity index (χ3n) is 5.92. The summed E-state index contributed by atoms with van der Waals surface area (Å²) in [6.07, 6.45) is 2.84. The van der Waals surface area contributed by atoms with Gasteiger partial charge in [0.15, 0.2) is 5.16 Å². The van der Waals surface area contributed by atoms with E-state index in [1.807, 2.05) is 34.9 Å². The standard InChI is InChI=1S/C26H31Cl2N5O2S/c27-22-10-9-21(19-23(22)28)33-24(18-20-6-2-1-3-7-20)30-31-26(33)36-17-4-8-25(34)29-11-5-12-32-13-15-35-16-14-32/h1-3,6-7,9-10,19H,4-5,8,11-18H2,(H,29,34). The van der Waals surface area contributed by atoms with Crippen LogP contribution >= 0.6 is 35.0 Å². The van der Waals surface area contributed by atoms with Gasteiger partial charge in [-0.15, -0.1) is 10.2 Å². The van der Waals surface area contributed by atoms with E-state index < -0.39 is 0 Å². The molecule has 36 heavy (non-hydrogen) atoms. The summed E-state index contributed by atoms with van der Waals surface area (Å²) in [5, 5.41) is 13.7. The molecule has 3 aromatic rings. The number of hydrogen-bond donors (Lipinski definition) is 1. The van der Waals surface area contributed by atoms with Gasteiger partial charge in [-0.25, -0.2) is 0 Å². The number of thioether (sulfide) groups is 1. The van der Waals surface area contributed by atoms with Crippen molar-refractivity contribution in [2.45, 2.75) is 30.8 Å². The van der Waals surface area contributed by atoms with Gasteiger partial charge in [-0.2, -0.15) is 0 Å². The van der Waals surface area contributed by atoms with Gasteiger partial charge in [-0.1, -0.05) is 65.3 Å². The number of halogens is 2. The molecule has 2 heterocycles. The second kappa shape index (κ2) is 14.0. The van der Waals surface area contributed by atoms with Gasteiger partial charge in [-0.05, 0) is 43.1 Å². The van der Waals surface area contributed by atoms with E-state index in [-0.39, 0.29) is 5.91 Å². The van der Waals surface area contributed by atoms with Crippen molar-refractivity contribution >= 4 is 40.9 Å². The predicted octanol–water partition coefficient (Wildman–Crippen LogP) is 4.88. The number of nitrogens with zero attached hydrogens (tertiary/aromatic N) is 4. The number of carbonyl (C=O) groups excluding carboxylic acids is 1.